The van der Waals surface area contributed by atoms with Crippen molar-refractivity contribution in [3.63, 3.8) is 0 Å². The molecule has 1 amide bonds. The Labute approximate surface area is 177 Å². The van der Waals surface area contributed by atoms with Crippen LogP contribution in [0.5, 0.6) is 5.75 Å². The zero-order valence-electron chi connectivity index (χ0n) is 16.0. The lowest BCUT2D eigenvalue weighted by molar-refractivity contribution is 0.0921. The van der Waals surface area contributed by atoms with Crippen LogP contribution in [0.2, 0.25) is 5.02 Å². The van der Waals surface area contributed by atoms with Gasteiger partial charge in [0.25, 0.3) is 5.91 Å². The topological polar surface area (TPSA) is 68.5 Å². The van der Waals surface area contributed by atoms with E-state index in [4.69, 9.17) is 20.8 Å². The number of hydrogen-bond acceptors (Lipinski definition) is 4. The van der Waals surface area contributed by atoms with Gasteiger partial charge in [0, 0.05) is 33.7 Å². The quantitative estimate of drug-likeness (QED) is 0.532. The van der Waals surface area contributed by atoms with E-state index in [1.165, 1.54) is 0 Å². The highest BCUT2D eigenvalue weighted by molar-refractivity contribution is 7.83. The van der Waals surface area contributed by atoms with Gasteiger partial charge < -0.3 is 14.5 Å². The summed E-state index contributed by atoms with van der Waals surface area (Å²) in [6.45, 7) is 2.80. The Bertz CT molecular complexity index is 984. The van der Waals surface area contributed by atoms with Gasteiger partial charge in [-0.1, -0.05) is 41.9 Å². The molecular formula is C22H22ClNO4S. The van der Waals surface area contributed by atoms with Crippen LogP contribution in [-0.2, 0) is 28.9 Å². The van der Waals surface area contributed by atoms with Gasteiger partial charge in [-0.2, -0.15) is 0 Å². The molecule has 29 heavy (non-hydrogen) atoms. The molecule has 5 nitrogen and oxygen atoms in total. The summed E-state index contributed by atoms with van der Waals surface area (Å²) in [6.07, 6.45) is 0. The number of benzene rings is 2. The third-order valence-electron chi connectivity index (χ3n) is 4.14. The minimum absolute atomic E-state index is 0.192. The Morgan fingerprint density at radius 3 is 2.59 bits per heavy atom. The monoisotopic (exact) mass is 431 g/mol. The zero-order chi connectivity index (χ0) is 20.6. The van der Waals surface area contributed by atoms with Crippen molar-refractivity contribution in [3.8, 4) is 5.75 Å². The number of halogens is 1. The summed E-state index contributed by atoms with van der Waals surface area (Å²) in [5.41, 5.74) is 1.82. The summed E-state index contributed by atoms with van der Waals surface area (Å²) in [4.78, 5) is 12.4. The molecule has 2 aromatic carbocycles. The van der Waals surface area contributed by atoms with Crippen LogP contribution in [0.15, 0.2) is 65.1 Å². The summed E-state index contributed by atoms with van der Waals surface area (Å²) in [6, 6.07) is 18.1. The Morgan fingerprint density at radius 1 is 1.07 bits per heavy atom. The normalized spacial score (nSPS) is 11.8. The fourth-order valence-corrected chi connectivity index (χ4v) is 4.03. The molecule has 0 saturated heterocycles. The smallest absolute Gasteiger partial charge is 0.287 e. The predicted octanol–water partition coefficient (Wildman–Crippen LogP) is 4.71. The van der Waals surface area contributed by atoms with Crippen molar-refractivity contribution in [2.75, 3.05) is 6.61 Å². The summed E-state index contributed by atoms with van der Waals surface area (Å²) >= 11 is 5.86. The maximum atomic E-state index is 12.4. The van der Waals surface area contributed by atoms with E-state index in [2.05, 4.69) is 5.32 Å². The first-order valence-electron chi connectivity index (χ1n) is 9.22. The standard InChI is InChI=1S/C22H22ClNO4S/c1-2-27-20-6-4-3-5-17(20)13-24-22(25)21-12-11-19(28-21)15-29(26)14-16-7-9-18(23)10-8-16/h3-12H,2,13-15H2,1H3,(H,24,25)/t29-/m1/s1. The van der Waals surface area contributed by atoms with Crippen LogP contribution in [0.4, 0.5) is 0 Å². The van der Waals surface area contributed by atoms with Gasteiger partial charge in [0.05, 0.1) is 12.4 Å². The lowest BCUT2D eigenvalue weighted by atomic mass is 10.2. The first kappa shape index (κ1) is 21.1. The van der Waals surface area contributed by atoms with E-state index in [9.17, 15) is 9.00 Å². The molecule has 1 aromatic heterocycles. The van der Waals surface area contributed by atoms with Gasteiger partial charge in [0.2, 0.25) is 0 Å². The third kappa shape index (κ3) is 6.21. The largest absolute Gasteiger partial charge is 0.494 e. The average Bonchev–Trinajstić information content (AvgIpc) is 3.17. The Morgan fingerprint density at radius 2 is 1.83 bits per heavy atom. The molecule has 152 valence electrons. The fourth-order valence-electron chi connectivity index (χ4n) is 2.76. The molecule has 1 atom stereocenters. The van der Waals surface area contributed by atoms with E-state index >= 15 is 0 Å². The Kier molecular flexibility index (Phi) is 7.49. The molecular weight excluding hydrogens is 410 g/mol. The lowest BCUT2D eigenvalue weighted by Crippen LogP contribution is -2.22. The highest BCUT2D eigenvalue weighted by atomic mass is 35.5. The van der Waals surface area contributed by atoms with Crippen LogP contribution in [0, 0.1) is 0 Å². The molecule has 7 heteroatoms. The molecule has 3 rings (SSSR count). The van der Waals surface area contributed by atoms with E-state index in [-0.39, 0.29) is 17.4 Å². The molecule has 0 aliphatic carbocycles. The molecule has 0 aliphatic heterocycles. The molecule has 1 heterocycles. The van der Waals surface area contributed by atoms with Gasteiger partial charge in [-0.05, 0) is 42.8 Å². The van der Waals surface area contributed by atoms with Crippen molar-refractivity contribution in [1.29, 1.82) is 0 Å². The van der Waals surface area contributed by atoms with Crippen LogP contribution in [-0.4, -0.2) is 16.7 Å². The Hall–Kier alpha value is -2.57. The molecule has 0 unspecified atom stereocenters. The van der Waals surface area contributed by atoms with E-state index in [1.807, 2.05) is 43.3 Å². The number of amides is 1. The number of rotatable bonds is 9. The van der Waals surface area contributed by atoms with E-state index < -0.39 is 10.8 Å². The minimum Gasteiger partial charge on any atom is -0.494 e. The van der Waals surface area contributed by atoms with Crippen molar-refractivity contribution >= 4 is 28.3 Å². The van der Waals surface area contributed by atoms with Gasteiger partial charge in [-0.25, -0.2) is 0 Å². The van der Waals surface area contributed by atoms with Crippen LogP contribution in [0.3, 0.4) is 0 Å². The van der Waals surface area contributed by atoms with Crippen LogP contribution in [0.1, 0.15) is 34.4 Å². The fraction of sp³-hybridized carbons (Fsp3) is 0.227. The second-order valence-electron chi connectivity index (χ2n) is 6.34. The molecule has 1 N–H and O–H groups in total. The molecule has 0 fully saturated rings. The molecule has 3 aromatic rings. The van der Waals surface area contributed by atoms with E-state index in [0.717, 1.165) is 16.9 Å². The van der Waals surface area contributed by atoms with Crippen molar-refractivity contribution in [2.24, 2.45) is 0 Å². The molecule has 0 aliphatic rings. The van der Waals surface area contributed by atoms with Crippen LogP contribution in [0.25, 0.3) is 0 Å². The molecule has 0 saturated carbocycles. The maximum absolute atomic E-state index is 12.4. The zero-order valence-corrected chi connectivity index (χ0v) is 17.6. The number of nitrogens with one attached hydrogen (secondary N) is 1. The SMILES string of the molecule is CCOc1ccccc1CNC(=O)c1ccc(C[S@](=O)Cc2ccc(Cl)cc2)o1. The molecule has 0 spiro atoms. The highest BCUT2D eigenvalue weighted by Gasteiger charge is 2.14. The van der Waals surface area contributed by atoms with Gasteiger partial charge >= 0.3 is 0 Å². The Balaban J connectivity index is 1.54. The summed E-state index contributed by atoms with van der Waals surface area (Å²) in [7, 11) is -1.15. The lowest BCUT2D eigenvalue weighted by Gasteiger charge is -2.10. The number of furan rings is 1. The molecule has 0 radical (unpaired) electrons. The average molecular weight is 432 g/mol. The van der Waals surface area contributed by atoms with Crippen LogP contribution >= 0.6 is 11.6 Å². The first-order chi connectivity index (χ1) is 14.0. The van der Waals surface area contributed by atoms with Crippen molar-refractivity contribution in [2.45, 2.75) is 25.0 Å². The number of ether oxygens (including phenoxy) is 1. The van der Waals surface area contributed by atoms with Crippen molar-refractivity contribution in [3.05, 3.63) is 88.3 Å². The highest BCUT2D eigenvalue weighted by Crippen LogP contribution is 2.18. The molecule has 0 bridgehead atoms. The first-order valence-corrected chi connectivity index (χ1v) is 11.1. The van der Waals surface area contributed by atoms with Gasteiger partial charge in [-0.3, -0.25) is 9.00 Å². The number of para-hydroxylation sites is 1. The van der Waals surface area contributed by atoms with Gasteiger partial charge in [-0.15, -0.1) is 0 Å². The summed E-state index contributed by atoms with van der Waals surface area (Å²) < 4.78 is 23.5. The van der Waals surface area contributed by atoms with Gasteiger partial charge in [0.15, 0.2) is 5.76 Å². The number of carbonyl (C=O) groups excluding carboxylic acids is 1. The van der Waals surface area contributed by atoms with Gasteiger partial charge in [0.1, 0.15) is 11.5 Å². The minimum atomic E-state index is -1.15. The predicted molar refractivity (Wildman–Crippen MR) is 114 cm³/mol. The van der Waals surface area contributed by atoms with Crippen molar-refractivity contribution < 1.29 is 18.2 Å². The number of hydrogen-bond donors (Lipinski definition) is 1. The number of carbonyl (C=O) groups is 1. The summed E-state index contributed by atoms with van der Waals surface area (Å²) in [5, 5.41) is 3.47. The van der Waals surface area contributed by atoms with E-state index in [1.54, 1.807) is 24.3 Å². The second-order valence-corrected chi connectivity index (χ2v) is 8.24. The van der Waals surface area contributed by atoms with E-state index in [0.29, 0.717) is 29.7 Å². The summed E-state index contributed by atoms with van der Waals surface area (Å²) in [5.74, 6) is 1.75. The van der Waals surface area contributed by atoms with Crippen LogP contribution < -0.4 is 10.1 Å². The second kappa shape index (κ2) is 10.3. The maximum Gasteiger partial charge on any atom is 0.287 e. The third-order valence-corrected chi connectivity index (χ3v) is 5.66. The van der Waals surface area contributed by atoms with Crippen molar-refractivity contribution in [1.82, 2.24) is 5.32 Å².